The van der Waals surface area contributed by atoms with E-state index in [1.54, 1.807) is 0 Å². The summed E-state index contributed by atoms with van der Waals surface area (Å²) in [6.45, 7) is 4.61. The Balaban J connectivity index is 2.36. The molecule has 1 rings (SSSR count). The average molecular weight is 198 g/mol. The van der Waals surface area contributed by atoms with Crippen molar-refractivity contribution in [2.75, 3.05) is 7.05 Å². The maximum atomic E-state index is 5.92. The maximum absolute atomic E-state index is 5.92. The van der Waals surface area contributed by atoms with Crippen molar-refractivity contribution in [3.63, 3.8) is 0 Å². The molecule has 14 heavy (non-hydrogen) atoms. The van der Waals surface area contributed by atoms with Crippen molar-refractivity contribution in [3.8, 4) is 0 Å². The summed E-state index contributed by atoms with van der Waals surface area (Å²) >= 11 is 0. The first-order valence-electron chi connectivity index (χ1n) is 6.06. The van der Waals surface area contributed by atoms with E-state index in [2.05, 4.69) is 26.2 Å². The molecule has 0 aromatic rings. The highest BCUT2D eigenvalue weighted by Gasteiger charge is 2.25. The van der Waals surface area contributed by atoms with Crippen molar-refractivity contribution in [2.24, 2.45) is 17.6 Å². The summed E-state index contributed by atoms with van der Waals surface area (Å²) in [6.07, 6.45) is 6.39. The molecule has 0 aromatic heterocycles. The fraction of sp³-hybridized carbons (Fsp3) is 1.00. The van der Waals surface area contributed by atoms with Crippen LogP contribution >= 0.6 is 0 Å². The van der Waals surface area contributed by atoms with Crippen LogP contribution in [-0.4, -0.2) is 19.1 Å². The predicted molar refractivity (Wildman–Crippen MR) is 62.2 cm³/mol. The van der Waals surface area contributed by atoms with Gasteiger partial charge in [0.15, 0.2) is 0 Å². The highest BCUT2D eigenvalue weighted by atomic mass is 14.9. The van der Waals surface area contributed by atoms with Gasteiger partial charge < -0.3 is 11.1 Å². The molecule has 1 saturated carbocycles. The van der Waals surface area contributed by atoms with Crippen LogP contribution in [0.3, 0.4) is 0 Å². The van der Waals surface area contributed by atoms with Gasteiger partial charge in [-0.3, -0.25) is 0 Å². The molecule has 2 nitrogen and oxygen atoms in total. The predicted octanol–water partition coefficient (Wildman–Crippen LogP) is 2.14. The van der Waals surface area contributed by atoms with Crippen LogP contribution in [0.4, 0.5) is 0 Å². The van der Waals surface area contributed by atoms with Gasteiger partial charge in [-0.2, -0.15) is 0 Å². The molecule has 0 bridgehead atoms. The SMILES string of the molecule is CNC(CC(C)C)C1CCC(N)CC1. The van der Waals surface area contributed by atoms with Gasteiger partial charge in [-0.25, -0.2) is 0 Å². The normalized spacial score (nSPS) is 30.6. The van der Waals surface area contributed by atoms with E-state index < -0.39 is 0 Å². The molecule has 0 heterocycles. The van der Waals surface area contributed by atoms with Gasteiger partial charge >= 0.3 is 0 Å². The summed E-state index contributed by atoms with van der Waals surface area (Å²) < 4.78 is 0. The fourth-order valence-electron chi connectivity index (χ4n) is 2.60. The van der Waals surface area contributed by atoms with Crippen molar-refractivity contribution >= 4 is 0 Å². The van der Waals surface area contributed by atoms with E-state index in [1.807, 2.05) is 0 Å². The first-order valence-corrected chi connectivity index (χ1v) is 6.06. The maximum Gasteiger partial charge on any atom is 0.00947 e. The third-order valence-electron chi connectivity index (χ3n) is 3.48. The summed E-state index contributed by atoms with van der Waals surface area (Å²) in [5.74, 6) is 1.66. The summed E-state index contributed by atoms with van der Waals surface area (Å²) in [6, 6.07) is 1.19. The molecule has 2 heteroatoms. The molecule has 1 fully saturated rings. The number of nitrogens with two attached hydrogens (primary N) is 1. The van der Waals surface area contributed by atoms with Crippen molar-refractivity contribution < 1.29 is 0 Å². The zero-order valence-corrected chi connectivity index (χ0v) is 9.92. The Bertz CT molecular complexity index is 148. The Hall–Kier alpha value is -0.0800. The average Bonchev–Trinajstić information content (AvgIpc) is 2.15. The van der Waals surface area contributed by atoms with E-state index in [9.17, 15) is 0 Å². The summed E-state index contributed by atoms with van der Waals surface area (Å²) in [4.78, 5) is 0. The van der Waals surface area contributed by atoms with E-state index in [4.69, 9.17) is 5.73 Å². The standard InChI is InChI=1S/C12H26N2/c1-9(2)8-12(14-3)10-4-6-11(13)7-5-10/h9-12,14H,4-8,13H2,1-3H3. The van der Waals surface area contributed by atoms with Gasteiger partial charge in [-0.1, -0.05) is 13.8 Å². The van der Waals surface area contributed by atoms with Gasteiger partial charge in [-0.15, -0.1) is 0 Å². The fourth-order valence-corrected chi connectivity index (χ4v) is 2.60. The smallest absolute Gasteiger partial charge is 0.00947 e. The lowest BCUT2D eigenvalue weighted by Gasteiger charge is -2.33. The minimum absolute atomic E-state index is 0.475. The molecule has 1 aliphatic rings. The van der Waals surface area contributed by atoms with Crippen LogP contribution in [0, 0.1) is 11.8 Å². The second-order valence-electron chi connectivity index (χ2n) is 5.20. The molecular weight excluding hydrogens is 172 g/mol. The van der Waals surface area contributed by atoms with Crippen molar-refractivity contribution in [3.05, 3.63) is 0 Å². The zero-order chi connectivity index (χ0) is 10.6. The van der Waals surface area contributed by atoms with Crippen LogP contribution in [0.5, 0.6) is 0 Å². The second kappa shape index (κ2) is 5.72. The number of nitrogens with one attached hydrogen (secondary N) is 1. The Morgan fingerprint density at radius 2 is 1.79 bits per heavy atom. The molecule has 0 spiro atoms. The lowest BCUT2D eigenvalue weighted by atomic mass is 9.79. The lowest BCUT2D eigenvalue weighted by molar-refractivity contribution is 0.237. The molecule has 0 amide bonds. The number of hydrogen-bond donors (Lipinski definition) is 2. The molecule has 0 aliphatic heterocycles. The topological polar surface area (TPSA) is 38.0 Å². The van der Waals surface area contributed by atoms with E-state index in [1.165, 1.54) is 32.1 Å². The molecule has 1 unspecified atom stereocenters. The van der Waals surface area contributed by atoms with Crippen molar-refractivity contribution in [1.29, 1.82) is 0 Å². The Morgan fingerprint density at radius 3 is 2.21 bits per heavy atom. The van der Waals surface area contributed by atoms with Crippen molar-refractivity contribution in [1.82, 2.24) is 5.32 Å². The van der Waals surface area contributed by atoms with Crippen LogP contribution < -0.4 is 11.1 Å². The first kappa shape index (κ1) is 12.0. The summed E-state index contributed by atoms with van der Waals surface area (Å²) in [5, 5.41) is 3.48. The third-order valence-corrected chi connectivity index (χ3v) is 3.48. The molecular formula is C12H26N2. The van der Waals surface area contributed by atoms with Crippen LogP contribution in [0.1, 0.15) is 46.0 Å². The van der Waals surface area contributed by atoms with E-state index >= 15 is 0 Å². The van der Waals surface area contributed by atoms with E-state index in [0.717, 1.165) is 11.8 Å². The lowest BCUT2D eigenvalue weighted by Crippen LogP contribution is -2.39. The van der Waals surface area contributed by atoms with Gasteiger partial charge in [0.2, 0.25) is 0 Å². The first-order chi connectivity index (χ1) is 6.63. The highest BCUT2D eigenvalue weighted by molar-refractivity contribution is 4.82. The monoisotopic (exact) mass is 198 g/mol. The van der Waals surface area contributed by atoms with Gasteiger partial charge in [-0.05, 0) is 51.0 Å². The third kappa shape index (κ3) is 3.58. The van der Waals surface area contributed by atoms with Crippen LogP contribution in [0.25, 0.3) is 0 Å². The van der Waals surface area contributed by atoms with Crippen molar-refractivity contribution in [2.45, 2.75) is 58.0 Å². The van der Waals surface area contributed by atoms with E-state index in [0.29, 0.717) is 12.1 Å². The Labute approximate surface area is 88.6 Å². The molecule has 3 N–H and O–H groups in total. The molecule has 0 aromatic carbocycles. The van der Waals surface area contributed by atoms with Crippen LogP contribution in [0.15, 0.2) is 0 Å². The molecule has 1 aliphatic carbocycles. The molecule has 84 valence electrons. The minimum atomic E-state index is 0.475. The largest absolute Gasteiger partial charge is 0.328 e. The highest BCUT2D eigenvalue weighted by Crippen LogP contribution is 2.28. The number of hydrogen-bond acceptors (Lipinski definition) is 2. The summed E-state index contributed by atoms with van der Waals surface area (Å²) in [5.41, 5.74) is 5.92. The second-order valence-corrected chi connectivity index (χ2v) is 5.20. The molecule has 0 saturated heterocycles. The Morgan fingerprint density at radius 1 is 1.21 bits per heavy atom. The molecule has 0 radical (unpaired) electrons. The van der Waals surface area contributed by atoms with Crippen LogP contribution in [0.2, 0.25) is 0 Å². The van der Waals surface area contributed by atoms with Gasteiger partial charge in [0.05, 0.1) is 0 Å². The summed E-state index contributed by atoms with van der Waals surface area (Å²) in [7, 11) is 2.10. The van der Waals surface area contributed by atoms with Gasteiger partial charge in [0, 0.05) is 12.1 Å². The zero-order valence-electron chi connectivity index (χ0n) is 9.92. The number of rotatable bonds is 4. The van der Waals surface area contributed by atoms with E-state index in [-0.39, 0.29) is 0 Å². The van der Waals surface area contributed by atoms with Gasteiger partial charge in [0.1, 0.15) is 0 Å². The Kier molecular flexibility index (Phi) is 4.90. The quantitative estimate of drug-likeness (QED) is 0.726. The van der Waals surface area contributed by atoms with Gasteiger partial charge in [0.25, 0.3) is 0 Å². The van der Waals surface area contributed by atoms with Crippen LogP contribution in [-0.2, 0) is 0 Å². The molecule has 1 atom stereocenters. The minimum Gasteiger partial charge on any atom is -0.328 e.